The summed E-state index contributed by atoms with van der Waals surface area (Å²) in [6.07, 6.45) is 0. The van der Waals surface area contributed by atoms with Crippen LogP contribution in [0.25, 0.3) is 11.0 Å². The minimum Gasteiger partial charge on any atom is -0.504 e. The van der Waals surface area contributed by atoms with Crippen LogP contribution in [-0.4, -0.2) is 40.3 Å². The highest BCUT2D eigenvalue weighted by Gasteiger charge is 2.44. The Balaban J connectivity index is 1.95. The van der Waals surface area contributed by atoms with Gasteiger partial charge in [0.1, 0.15) is 0 Å². The lowest BCUT2D eigenvalue weighted by Crippen LogP contribution is -2.43. The van der Waals surface area contributed by atoms with E-state index in [9.17, 15) is 14.7 Å². The Bertz CT molecular complexity index is 1070. The van der Waals surface area contributed by atoms with E-state index in [0.29, 0.717) is 22.8 Å². The number of aromatic hydroxyl groups is 1. The number of fused-ring (bicyclic) bond motifs is 3. The Labute approximate surface area is 160 Å². The Morgan fingerprint density at radius 3 is 2.79 bits per heavy atom. The number of rotatable bonds is 4. The molecule has 28 heavy (non-hydrogen) atoms. The average molecular weight is 381 g/mol. The Hall–Kier alpha value is -3.55. The fourth-order valence-corrected chi connectivity index (χ4v) is 3.60. The summed E-state index contributed by atoms with van der Waals surface area (Å²) in [6.45, 7) is 1.84. The van der Waals surface area contributed by atoms with Crippen molar-refractivity contribution >= 4 is 28.9 Å². The smallest absolute Gasteiger partial charge is 0.321 e. The van der Waals surface area contributed by atoms with Crippen molar-refractivity contribution < 1.29 is 24.2 Å². The predicted octanol–water partition coefficient (Wildman–Crippen LogP) is 2.47. The molecule has 1 aliphatic rings. The molecule has 0 unspecified atom stereocenters. The molecule has 2 aromatic carbocycles. The van der Waals surface area contributed by atoms with Gasteiger partial charge in [-0.1, -0.05) is 18.2 Å². The van der Waals surface area contributed by atoms with Crippen molar-refractivity contribution in [2.24, 2.45) is 5.92 Å². The maximum absolute atomic E-state index is 12.8. The van der Waals surface area contributed by atoms with Crippen LogP contribution in [0, 0.1) is 5.92 Å². The number of aromatic nitrogens is 2. The highest BCUT2D eigenvalue weighted by molar-refractivity contribution is 6.07. The number of hydrogen-bond acceptors (Lipinski definition) is 6. The molecule has 3 aromatic rings. The summed E-state index contributed by atoms with van der Waals surface area (Å²) >= 11 is 0. The van der Waals surface area contributed by atoms with Crippen molar-refractivity contribution in [1.29, 1.82) is 0 Å². The second-order valence-corrected chi connectivity index (χ2v) is 6.39. The first-order valence-corrected chi connectivity index (χ1v) is 8.86. The largest absolute Gasteiger partial charge is 0.504 e. The molecule has 1 aliphatic heterocycles. The van der Waals surface area contributed by atoms with Gasteiger partial charge in [-0.05, 0) is 36.8 Å². The minimum atomic E-state index is -1.13. The van der Waals surface area contributed by atoms with E-state index < -0.39 is 23.8 Å². The number of anilines is 1. The average Bonchev–Trinajstić information content (AvgIpc) is 3.04. The minimum absolute atomic E-state index is 0.0837. The number of para-hydroxylation sites is 2. The molecule has 4 rings (SSSR count). The molecule has 8 heteroatoms. The van der Waals surface area contributed by atoms with Gasteiger partial charge in [0.2, 0.25) is 11.9 Å². The number of hydrogen-bond donors (Lipinski definition) is 2. The standard InChI is InChI=1S/C20H19N3O5/c1-3-28-19(26)16-17(11-8-9-15(27-2)14(24)10-11)23-13-7-5-4-6-12(13)21-20(23)22-18(16)25/h4-10,16-17,24H,3H2,1-2H3,(H,21,22,25)/t16-,17-/m1/s1. The third-order valence-corrected chi connectivity index (χ3v) is 4.79. The number of carbonyl (C=O) groups excluding carboxylic acids is 2. The summed E-state index contributed by atoms with van der Waals surface area (Å²) in [4.78, 5) is 29.9. The number of benzene rings is 2. The van der Waals surface area contributed by atoms with Crippen LogP contribution in [0.15, 0.2) is 42.5 Å². The van der Waals surface area contributed by atoms with Gasteiger partial charge < -0.3 is 19.1 Å². The molecule has 2 heterocycles. The van der Waals surface area contributed by atoms with E-state index in [1.165, 1.54) is 13.2 Å². The van der Waals surface area contributed by atoms with Gasteiger partial charge in [0.05, 0.1) is 30.8 Å². The molecular weight excluding hydrogens is 362 g/mol. The van der Waals surface area contributed by atoms with E-state index in [0.717, 1.165) is 5.52 Å². The van der Waals surface area contributed by atoms with Gasteiger partial charge in [-0.25, -0.2) is 4.98 Å². The lowest BCUT2D eigenvalue weighted by atomic mass is 9.90. The number of ether oxygens (including phenoxy) is 2. The topological polar surface area (TPSA) is 103 Å². The molecule has 0 radical (unpaired) electrons. The highest BCUT2D eigenvalue weighted by atomic mass is 16.5. The number of phenols is 1. The number of nitrogens with zero attached hydrogens (tertiary/aromatic N) is 2. The number of methoxy groups -OCH3 is 1. The van der Waals surface area contributed by atoms with E-state index in [4.69, 9.17) is 9.47 Å². The molecule has 0 fully saturated rings. The Morgan fingerprint density at radius 1 is 1.29 bits per heavy atom. The van der Waals surface area contributed by atoms with Gasteiger partial charge in [-0.2, -0.15) is 0 Å². The van der Waals surface area contributed by atoms with Crippen LogP contribution in [0.4, 0.5) is 5.95 Å². The SMILES string of the molecule is CCOC(=O)[C@H]1C(=O)Nc2nc3ccccc3n2[C@@H]1c1ccc(OC)c(O)c1. The highest BCUT2D eigenvalue weighted by Crippen LogP contribution is 2.40. The summed E-state index contributed by atoms with van der Waals surface area (Å²) in [7, 11) is 1.45. The molecule has 2 atom stereocenters. The van der Waals surface area contributed by atoms with Crippen LogP contribution in [0.2, 0.25) is 0 Å². The molecule has 1 amide bonds. The third-order valence-electron chi connectivity index (χ3n) is 4.79. The van der Waals surface area contributed by atoms with Crippen molar-refractivity contribution in [3.05, 3.63) is 48.0 Å². The second-order valence-electron chi connectivity index (χ2n) is 6.39. The van der Waals surface area contributed by atoms with Crippen LogP contribution in [-0.2, 0) is 14.3 Å². The van der Waals surface area contributed by atoms with Crippen molar-refractivity contribution in [1.82, 2.24) is 9.55 Å². The number of carbonyl (C=O) groups is 2. The molecule has 2 N–H and O–H groups in total. The molecule has 1 aromatic heterocycles. The number of amides is 1. The number of esters is 1. The van der Waals surface area contributed by atoms with E-state index in [1.807, 2.05) is 24.3 Å². The summed E-state index contributed by atoms with van der Waals surface area (Å²) in [5, 5.41) is 13.0. The maximum Gasteiger partial charge on any atom is 0.321 e. The van der Waals surface area contributed by atoms with Gasteiger partial charge in [0.15, 0.2) is 17.4 Å². The molecule has 0 saturated carbocycles. The lowest BCUT2D eigenvalue weighted by molar-refractivity contribution is -0.152. The first kappa shape index (κ1) is 17.8. The molecule has 0 aliphatic carbocycles. The molecule has 0 saturated heterocycles. The summed E-state index contributed by atoms with van der Waals surface area (Å²) in [6, 6.07) is 11.5. The lowest BCUT2D eigenvalue weighted by Gasteiger charge is -2.32. The van der Waals surface area contributed by atoms with Crippen LogP contribution >= 0.6 is 0 Å². The van der Waals surface area contributed by atoms with Crippen LogP contribution < -0.4 is 10.1 Å². The van der Waals surface area contributed by atoms with E-state index >= 15 is 0 Å². The van der Waals surface area contributed by atoms with E-state index in [-0.39, 0.29) is 12.4 Å². The van der Waals surface area contributed by atoms with Crippen molar-refractivity contribution in [2.75, 3.05) is 19.0 Å². The second kappa shape index (κ2) is 6.88. The maximum atomic E-state index is 12.8. The third kappa shape index (κ3) is 2.74. The van der Waals surface area contributed by atoms with Gasteiger partial charge in [0.25, 0.3) is 0 Å². The first-order valence-electron chi connectivity index (χ1n) is 8.86. The van der Waals surface area contributed by atoms with Gasteiger partial charge in [-0.15, -0.1) is 0 Å². The Kier molecular flexibility index (Phi) is 4.38. The zero-order chi connectivity index (χ0) is 19.8. The van der Waals surface area contributed by atoms with Crippen LogP contribution in [0.5, 0.6) is 11.5 Å². The predicted molar refractivity (Wildman–Crippen MR) is 101 cm³/mol. The number of nitrogens with one attached hydrogen (secondary N) is 1. The summed E-state index contributed by atoms with van der Waals surface area (Å²) in [5.74, 6) is -1.71. The summed E-state index contributed by atoms with van der Waals surface area (Å²) in [5.41, 5.74) is 2.01. The summed E-state index contributed by atoms with van der Waals surface area (Å²) < 4.78 is 12.1. The zero-order valence-electron chi connectivity index (χ0n) is 15.4. The number of phenolic OH excluding ortho intramolecular Hbond substituents is 1. The zero-order valence-corrected chi connectivity index (χ0v) is 15.4. The first-order chi connectivity index (χ1) is 13.5. The van der Waals surface area contributed by atoms with Gasteiger partial charge in [0, 0.05) is 0 Å². The number of imidazole rings is 1. The fourth-order valence-electron chi connectivity index (χ4n) is 3.60. The van der Waals surface area contributed by atoms with Gasteiger partial charge in [-0.3, -0.25) is 14.9 Å². The quantitative estimate of drug-likeness (QED) is 0.532. The van der Waals surface area contributed by atoms with Gasteiger partial charge >= 0.3 is 5.97 Å². The molecule has 0 bridgehead atoms. The van der Waals surface area contributed by atoms with Crippen molar-refractivity contribution in [2.45, 2.75) is 13.0 Å². The van der Waals surface area contributed by atoms with Crippen LogP contribution in [0.3, 0.4) is 0 Å². The fraction of sp³-hybridized carbons (Fsp3) is 0.250. The Morgan fingerprint density at radius 2 is 2.07 bits per heavy atom. The normalized spacial score (nSPS) is 18.4. The molecule has 0 spiro atoms. The molecule has 8 nitrogen and oxygen atoms in total. The van der Waals surface area contributed by atoms with E-state index in [1.54, 1.807) is 23.6 Å². The monoisotopic (exact) mass is 381 g/mol. The van der Waals surface area contributed by atoms with Crippen molar-refractivity contribution in [3.8, 4) is 11.5 Å². The van der Waals surface area contributed by atoms with Crippen molar-refractivity contribution in [3.63, 3.8) is 0 Å². The molecule has 144 valence electrons. The van der Waals surface area contributed by atoms with E-state index in [2.05, 4.69) is 10.3 Å². The molecular formula is C20H19N3O5. The van der Waals surface area contributed by atoms with Crippen LogP contribution in [0.1, 0.15) is 18.5 Å².